The molecule has 0 aliphatic carbocycles. The number of carbonyl (C=O) groups excluding carboxylic acids is 2. The van der Waals surface area contributed by atoms with Gasteiger partial charge in [0.25, 0.3) is 5.91 Å². The lowest BCUT2D eigenvalue weighted by Gasteiger charge is -2.36. The SMILES string of the molecule is Cc1ncnc(N2CCN(C(=O)CC3NC(=O)c4ccccc43)CC2)c1C. The molecule has 1 atom stereocenters. The van der Waals surface area contributed by atoms with Crippen molar-refractivity contribution < 1.29 is 9.59 Å². The maximum Gasteiger partial charge on any atom is 0.252 e. The predicted octanol–water partition coefficient (Wildman–Crippen LogP) is 1.62. The first-order chi connectivity index (χ1) is 13.0. The number of aromatic nitrogens is 2. The van der Waals surface area contributed by atoms with E-state index >= 15 is 0 Å². The zero-order valence-electron chi connectivity index (χ0n) is 15.6. The summed E-state index contributed by atoms with van der Waals surface area (Å²) in [6, 6.07) is 7.24. The molecule has 0 saturated carbocycles. The Labute approximate surface area is 158 Å². The normalized spacial score (nSPS) is 19.0. The fraction of sp³-hybridized carbons (Fsp3) is 0.400. The highest BCUT2D eigenvalue weighted by molar-refractivity contribution is 5.99. The van der Waals surface area contributed by atoms with Gasteiger partial charge in [0.15, 0.2) is 0 Å². The monoisotopic (exact) mass is 365 g/mol. The van der Waals surface area contributed by atoms with E-state index in [2.05, 4.69) is 20.2 Å². The number of fused-ring (bicyclic) bond motifs is 1. The van der Waals surface area contributed by atoms with Crippen LogP contribution in [0.5, 0.6) is 0 Å². The molecule has 1 unspecified atom stereocenters. The van der Waals surface area contributed by atoms with E-state index in [4.69, 9.17) is 0 Å². The van der Waals surface area contributed by atoms with Gasteiger partial charge in [-0.3, -0.25) is 9.59 Å². The van der Waals surface area contributed by atoms with Gasteiger partial charge >= 0.3 is 0 Å². The lowest BCUT2D eigenvalue weighted by Crippen LogP contribution is -2.49. The Kier molecular flexibility index (Phi) is 4.51. The second kappa shape index (κ2) is 6.98. The third kappa shape index (κ3) is 3.25. The van der Waals surface area contributed by atoms with Crippen LogP contribution < -0.4 is 10.2 Å². The molecule has 140 valence electrons. The molecule has 4 rings (SSSR count). The molecule has 0 spiro atoms. The third-order valence-corrected chi connectivity index (χ3v) is 5.51. The van der Waals surface area contributed by atoms with Crippen molar-refractivity contribution >= 4 is 17.6 Å². The largest absolute Gasteiger partial charge is 0.353 e. The zero-order valence-corrected chi connectivity index (χ0v) is 15.6. The first kappa shape index (κ1) is 17.5. The molecule has 7 nitrogen and oxygen atoms in total. The van der Waals surface area contributed by atoms with E-state index in [1.165, 1.54) is 0 Å². The number of nitrogens with zero attached hydrogens (tertiary/aromatic N) is 4. The quantitative estimate of drug-likeness (QED) is 0.894. The van der Waals surface area contributed by atoms with Crippen molar-refractivity contribution in [2.45, 2.75) is 26.3 Å². The van der Waals surface area contributed by atoms with Crippen molar-refractivity contribution in [2.75, 3.05) is 31.1 Å². The summed E-state index contributed by atoms with van der Waals surface area (Å²) in [5.74, 6) is 0.932. The number of benzene rings is 1. The van der Waals surface area contributed by atoms with Crippen LogP contribution in [0.3, 0.4) is 0 Å². The van der Waals surface area contributed by atoms with Gasteiger partial charge in [-0.2, -0.15) is 0 Å². The summed E-state index contributed by atoms with van der Waals surface area (Å²) in [7, 11) is 0. The molecule has 2 aromatic rings. The molecular formula is C20H23N5O2. The minimum Gasteiger partial charge on any atom is -0.353 e. The summed E-state index contributed by atoms with van der Waals surface area (Å²) in [6.07, 6.45) is 1.89. The minimum atomic E-state index is -0.231. The van der Waals surface area contributed by atoms with Crippen LogP contribution in [0.1, 0.15) is 39.6 Å². The molecule has 7 heteroatoms. The predicted molar refractivity (Wildman–Crippen MR) is 102 cm³/mol. The molecule has 1 aromatic carbocycles. The average Bonchev–Trinajstić information content (AvgIpc) is 3.00. The maximum absolute atomic E-state index is 12.8. The van der Waals surface area contributed by atoms with Gasteiger partial charge in [-0.1, -0.05) is 18.2 Å². The van der Waals surface area contributed by atoms with Crippen molar-refractivity contribution in [2.24, 2.45) is 0 Å². The molecule has 1 fully saturated rings. The minimum absolute atomic E-state index is 0.0762. The smallest absolute Gasteiger partial charge is 0.252 e. The maximum atomic E-state index is 12.8. The molecule has 2 amide bonds. The van der Waals surface area contributed by atoms with Crippen molar-refractivity contribution in [3.8, 4) is 0 Å². The molecule has 2 aliphatic heterocycles. The van der Waals surface area contributed by atoms with E-state index in [0.717, 1.165) is 35.7 Å². The first-order valence-electron chi connectivity index (χ1n) is 9.25. The highest BCUT2D eigenvalue weighted by Crippen LogP contribution is 2.28. The Morgan fingerprint density at radius 3 is 2.67 bits per heavy atom. The van der Waals surface area contributed by atoms with Crippen LogP contribution >= 0.6 is 0 Å². The topological polar surface area (TPSA) is 78.4 Å². The third-order valence-electron chi connectivity index (χ3n) is 5.51. The molecule has 2 aliphatic rings. The number of carbonyl (C=O) groups is 2. The lowest BCUT2D eigenvalue weighted by molar-refractivity contribution is -0.132. The Morgan fingerprint density at radius 2 is 1.89 bits per heavy atom. The van der Waals surface area contributed by atoms with E-state index in [0.29, 0.717) is 25.1 Å². The van der Waals surface area contributed by atoms with Gasteiger partial charge < -0.3 is 15.1 Å². The highest BCUT2D eigenvalue weighted by Gasteiger charge is 2.32. The number of hydrogen-bond acceptors (Lipinski definition) is 5. The summed E-state index contributed by atoms with van der Waals surface area (Å²) in [5, 5.41) is 2.92. The molecule has 27 heavy (non-hydrogen) atoms. The van der Waals surface area contributed by atoms with Crippen LogP contribution in [-0.2, 0) is 4.79 Å². The molecular weight excluding hydrogens is 342 g/mol. The molecule has 3 heterocycles. The van der Waals surface area contributed by atoms with Gasteiger partial charge in [-0.05, 0) is 25.5 Å². The van der Waals surface area contributed by atoms with Crippen LogP contribution in [-0.4, -0.2) is 52.9 Å². The summed E-state index contributed by atoms with van der Waals surface area (Å²) >= 11 is 0. The van der Waals surface area contributed by atoms with Gasteiger partial charge in [0.05, 0.1) is 12.5 Å². The van der Waals surface area contributed by atoms with Crippen LogP contribution in [0.2, 0.25) is 0 Å². The van der Waals surface area contributed by atoms with Gasteiger partial charge in [0, 0.05) is 43.0 Å². The van der Waals surface area contributed by atoms with Gasteiger partial charge in [-0.15, -0.1) is 0 Å². The second-order valence-corrected chi connectivity index (χ2v) is 7.09. The van der Waals surface area contributed by atoms with E-state index in [9.17, 15) is 9.59 Å². The number of hydrogen-bond donors (Lipinski definition) is 1. The van der Waals surface area contributed by atoms with E-state index in [1.54, 1.807) is 12.4 Å². The van der Waals surface area contributed by atoms with Crippen LogP contribution in [0, 0.1) is 13.8 Å². The van der Waals surface area contributed by atoms with Gasteiger partial charge in [0.1, 0.15) is 12.1 Å². The van der Waals surface area contributed by atoms with E-state index in [1.807, 2.05) is 36.9 Å². The Hall–Kier alpha value is -2.96. The van der Waals surface area contributed by atoms with E-state index in [-0.39, 0.29) is 17.9 Å². The molecule has 0 bridgehead atoms. The second-order valence-electron chi connectivity index (χ2n) is 7.09. The van der Waals surface area contributed by atoms with Gasteiger partial charge in [-0.25, -0.2) is 9.97 Å². The average molecular weight is 365 g/mol. The fourth-order valence-corrected chi connectivity index (χ4v) is 3.80. The molecule has 1 N–H and O–H groups in total. The van der Waals surface area contributed by atoms with Crippen LogP contribution in [0.4, 0.5) is 5.82 Å². The van der Waals surface area contributed by atoms with Crippen molar-refractivity contribution in [1.82, 2.24) is 20.2 Å². The number of rotatable bonds is 3. The van der Waals surface area contributed by atoms with Gasteiger partial charge in [0.2, 0.25) is 5.91 Å². The Morgan fingerprint density at radius 1 is 1.15 bits per heavy atom. The lowest BCUT2D eigenvalue weighted by atomic mass is 10.0. The number of piperazine rings is 1. The number of anilines is 1. The summed E-state index contributed by atoms with van der Waals surface area (Å²) in [5.41, 5.74) is 3.66. The standard InChI is InChI=1S/C20H23N5O2/c1-13-14(2)21-12-22-19(13)25-9-7-24(8-10-25)18(26)11-17-15-5-3-4-6-16(15)20(27)23-17/h3-6,12,17H,7-11H2,1-2H3,(H,23,27). The summed E-state index contributed by atoms with van der Waals surface area (Å²) in [6.45, 7) is 6.82. The molecule has 0 radical (unpaired) electrons. The van der Waals surface area contributed by atoms with E-state index < -0.39 is 0 Å². The highest BCUT2D eigenvalue weighted by atomic mass is 16.2. The first-order valence-corrected chi connectivity index (χ1v) is 9.25. The number of amides is 2. The number of nitrogens with one attached hydrogen (secondary N) is 1. The Bertz CT molecular complexity index is 890. The van der Waals surface area contributed by atoms with Crippen molar-refractivity contribution in [3.63, 3.8) is 0 Å². The summed E-state index contributed by atoms with van der Waals surface area (Å²) in [4.78, 5) is 37.5. The van der Waals surface area contributed by atoms with Crippen molar-refractivity contribution in [3.05, 3.63) is 53.0 Å². The fourth-order valence-electron chi connectivity index (χ4n) is 3.80. The van der Waals surface area contributed by atoms with Crippen LogP contribution in [0.15, 0.2) is 30.6 Å². The molecule has 1 aromatic heterocycles. The Balaban J connectivity index is 1.38. The zero-order chi connectivity index (χ0) is 19.0. The van der Waals surface area contributed by atoms with Crippen molar-refractivity contribution in [1.29, 1.82) is 0 Å². The molecule has 1 saturated heterocycles. The number of aryl methyl sites for hydroxylation is 1. The van der Waals surface area contributed by atoms with Crippen LogP contribution in [0.25, 0.3) is 0 Å². The summed E-state index contributed by atoms with van der Waals surface area (Å²) < 4.78 is 0.